The second kappa shape index (κ2) is 12.4. The molecule has 0 spiro atoms. The van der Waals surface area contributed by atoms with E-state index < -0.39 is 6.23 Å². The van der Waals surface area contributed by atoms with Crippen LogP contribution in [-0.2, 0) is 9.53 Å². The van der Waals surface area contributed by atoms with Gasteiger partial charge in [-0.15, -0.1) is 0 Å². The lowest BCUT2D eigenvalue weighted by atomic mass is 9.83. The summed E-state index contributed by atoms with van der Waals surface area (Å²) in [6, 6.07) is 32.0. The lowest BCUT2D eigenvalue weighted by molar-refractivity contribution is -0.140. The van der Waals surface area contributed by atoms with Gasteiger partial charge in [-0.2, -0.15) is 0 Å². The van der Waals surface area contributed by atoms with E-state index in [9.17, 15) is 4.79 Å². The standard InChI is InChI=1S/C32H38N2O2/c35-25-30(36-32(28-15-7-2-8-16-28)29-17-9-3-10-18-29)33-23-19-27(20-24-33)31(26-13-5-1-6-14-26)34-21-11-4-12-22-34/h1-3,5-10,13-18,25,27,30-32H,4,11-12,19-24H2. The highest BCUT2D eigenvalue weighted by molar-refractivity contribution is 5.55. The zero-order chi connectivity index (χ0) is 24.6. The van der Waals surface area contributed by atoms with Crippen molar-refractivity contribution in [2.45, 2.75) is 50.5 Å². The van der Waals surface area contributed by atoms with Crippen LogP contribution in [0.3, 0.4) is 0 Å². The first-order chi connectivity index (χ1) is 17.8. The molecule has 2 saturated heterocycles. The molecule has 2 aliphatic heterocycles. The van der Waals surface area contributed by atoms with Crippen molar-refractivity contribution < 1.29 is 9.53 Å². The molecule has 2 atom stereocenters. The molecule has 188 valence electrons. The molecule has 0 bridgehead atoms. The summed E-state index contributed by atoms with van der Waals surface area (Å²) in [6.45, 7) is 4.13. The van der Waals surface area contributed by atoms with Crippen molar-refractivity contribution in [3.63, 3.8) is 0 Å². The number of piperidine rings is 2. The Bertz CT molecular complexity index is 1010. The molecule has 4 nitrogen and oxygen atoms in total. The summed E-state index contributed by atoms with van der Waals surface area (Å²) in [6.07, 6.45) is 6.24. The molecular weight excluding hydrogens is 444 g/mol. The van der Waals surface area contributed by atoms with Crippen LogP contribution in [0, 0.1) is 5.92 Å². The molecule has 2 aliphatic rings. The molecule has 3 aromatic rings. The summed E-state index contributed by atoms with van der Waals surface area (Å²) >= 11 is 0. The van der Waals surface area contributed by atoms with Crippen LogP contribution in [0.15, 0.2) is 91.0 Å². The predicted molar refractivity (Wildman–Crippen MR) is 145 cm³/mol. The molecule has 2 unspecified atom stereocenters. The van der Waals surface area contributed by atoms with Gasteiger partial charge in [-0.25, -0.2) is 0 Å². The van der Waals surface area contributed by atoms with Gasteiger partial charge in [0.05, 0.1) is 0 Å². The third kappa shape index (κ3) is 5.95. The summed E-state index contributed by atoms with van der Waals surface area (Å²) in [7, 11) is 0. The van der Waals surface area contributed by atoms with Crippen LogP contribution >= 0.6 is 0 Å². The van der Waals surface area contributed by atoms with Gasteiger partial charge < -0.3 is 4.74 Å². The van der Waals surface area contributed by atoms with Gasteiger partial charge in [0.2, 0.25) is 0 Å². The summed E-state index contributed by atoms with van der Waals surface area (Å²) in [5, 5.41) is 0. The van der Waals surface area contributed by atoms with E-state index in [4.69, 9.17) is 4.74 Å². The Kier molecular flexibility index (Phi) is 8.60. The Balaban J connectivity index is 1.29. The molecule has 0 N–H and O–H groups in total. The number of carbonyl (C=O) groups is 1. The summed E-state index contributed by atoms with van der Waals surface area (Å²) < 4.78 is 6.56. The van der Waals surface area contributed by atoms with E-state index in [1.54, 1.807) is 0 Å². The third-order valence-electron chi connectivity index (χ3n) is 7.90. The zero-order valence-electron chi connectivity index (χ0n) is 21.1. The van der Waals surface area contributed by atoms with E-state index in [1.165, 1.54) is 37.9 Å². The number of hydrogen-bond acceptors (Lipinski definition) is 4. The molecule has 4 heteroatoms. The fourth-order valence-corrected chi connectivity index (χ4v) is 6.07. The van der Waals surface area contributed by atoms with Crippen LogP contribution < -0.4 is 0 Å². The van der Waals surface area contributed by atoms with Crippen LogP contribution in [0.25, 0.3) is 0 Å². The van der Waals surface area contributed by atoms with Gasteiger partial charge in [-0.1, -0.05) is 97.4 Å². The lowest BCUT2D eigenvalue weighted by Gasteiger charge is -2.44. The number of likely N-dealkylation sites (tertiary alicyclic amines) is 2. The summed E-state index contributed by atoms with van der Waals surface area (Å²) in [5.41, 5.74) is 3.58. The minimum Gasteiger partial charge on any atom is -0.343 e. The minimum absolute atomic E-state index is 0.272. The topological polar surface area (TPSA) is 32.8 Å². The number of rotatable bonds is 9. The monoisotopic (exact) mass is 482 g/mol. The van der Waals surface area contributed by atoms with Crippen LogP contribution in [0.2, 0.25) is 0 Å². The molecule has 0 amide bonds. The number of ether oxygens (including phenoxy) is 1. The average Bonchev–Trinajstić information content (AvgIpc) is 2.96. The second-order valence-electron chi connectivity index (χ2n) is 10.2. The van der Waals surface area contributed by atoms with Crippen molar-refractivity contribution in [3.05, 3.63) is 108 Å². The first-order valence-electron chi connectivity index (χ1n) is 13.6. The number of aldehydes is 1. The maximum Gasteiger partial charge on any atom is 0.168 e. The fraction of sp³-hybridized carbons (Fsp3) is 0.406. The molecule has 36 heavy (non-hydrogen) atoms. The maximum absolute atomic E-state index is 12.3. The summed E-state index contributed by atoms with van der Waals surface area (Å²) in [5.74, 6) is 0.591. The van der Waals surface area contributed by atoms with Gasteiger partial charge >= 0.3 is 0 Å². The first-order valence-corrected chi connectivity index (χ1v) is 13.6. The Labute approximate surface area is 215 Å². The van der Waals surface area contributed by atoms with Gasteiger partial charge in [0.1, 0.15) is 6.10 Å². The average molecular weight is 483 g/mol. The molecule has 0 aliphatic carbocycles. The number of hydrogen-bond donors (Lipinski definition) is 0. The highest BCUT2D eigenvalue weighted by Gasteiger charge is 2.35. The minimum atomic E-state index is -0.554. The molecule has 0 saturated carbocycles. The van der Waals surface area contributed by atoms with Crippen LogP contribution in [0.5, 0.6) is 0 Å². The maximum atomic E-state index is 12.3. The zero-order valence-corrected chi connectivity index (χ0v) is 21.1. The quantitative estimate of drug-likeness (QED) is 0.337. The van der Waals surface area contributed by atoms with Crippen molar-refractivity contribution >= 4 is 6.29 Å². The highest BCUT2D eigenvalue weighted by Crippen LogP contribution is 2.38. The normalized spacial score (nSPS) is 19.7. The first kappa shape index (κ1) is 24.9. The SMILES string of the molecule is O=CC(OC(c1ccccc1)c1ccccc1)N1CCC(C(c2ccccc2)N2CCCCC2)CC1. The molecule has 0 aromatic heterocycles. The predicted octanol–water partition coefficient (Wildman–Crippen LogP) is 6.26. The van der Waals surface area contributed by atoms with E-state index in [0.717, 1.165) is 43.3 Å². The Morgan fingerprint density at radius 1 is 0.639 bits per heavy atom. The number of carbonyl (C=O) groups excluding carboxylic acids is 1. The fourth-order valence-electron chi connectivity index (χ4n) is 6.07. The van der Waals surface area contributed by atoms with Gasteiger partial charge in [0, 0.05) is 19.1 Å². The van der Waals surface area contributed by atoms with Crippen molar-refractivity contribution in [1.29, 1.82) is 0 Å². The Hall–Kier alpha value is -2.79. The van der Waals surface area contributed by atoms with Gasteiger partial charge in [-0.05, 0) is 61.4 Å². The van der Waals surface area contributed by atoms with Gasteiger partial charge in [0.25, 0.3) is 0 Å². The van der Waals surface area contributed by atoms with Crippen LogP contribution in [-0.4, -0.2) is 48.5 Å². The number of benzene rings is 3. The molecule has 0 radical (unpaired) electrons. The molecule has 3 aromatic carbocycles. The second-order valence-corrected chi connectivity index (χ2v) is 10.2. The van der Waals surface area contributed by atoms with E-state index >= 15 is 0 Å². The van der Waals surface area contributed by atoms with Gasteiger partial charge in [0.15, 0.2) is 12.5 Å². The van der Waals surface area contributed by atoms with Crippen LogP contribution in [0.4, 0.5) is 0 Å². The molecular formula is C32H38N2O2. The van der Waals surface area contributed by atoms with Crippen molar-refractivity contribution in [2.24, 2.45) is 5.92 Å². The van der Waals surface area contributed by atoms with Gasteiger partial charge in [-0.3, -0.25) is 14.6 Å². The van der Waals surface area contributed by atoms with Crippen molar-refractivity contribution in [3.8, 4) is 0 Å². The highest BCUT2D eigenvalue weighted by atomic mass is 16.5. The van der Waals surface area contributed by atoms with E-state index in [2.05, 4.69) is 64.4 Å². The smallest absolute Gasteiger partial charge is 0.168 e. The van der Waals surface area contributed by atoms with Crippen LogP contribution in [0.1, 0.15) is 60.9 Å². The van der Waals surface area contributed by atoms with E-state index in [0.29, 0.717) is 12.0 Å². The Morgan fingerprint density at radius 2 is 1.14 bits per heavy atom. The van der Waals surface area contributed by atoms with E-state index in [1.807, 2.05) is 36.4 Å². The van der Waals surface area contributed by atoms with E-state index in [-0.39, 0.29) is 6.10 Å². The summed E-state index contributed by atoms with van der Waals surface area (Å²) in [4.78, 5) is 17.3. The molecule has 2 fully saturated rings. The lowest BCUT2D eigenvalue weighted by Crippen LogP contribution is -2.47. The molecule has 5 rings (SSSR count). The molecule has 2 heterocycles. The number of nitrogens with zero attached hydrogens (tertiary/aromatic N) is 2. The van der Waals surface area contributed by atoms with Crippen molar-refractivity contribution in [1.82, 2.24) is 9.80 Å². The Morgan fingerprint density at radius 3 is 1.64 bits per heavy atom. The largest absolute Gasteiger partial charge is 0.343 e. The third-order valence-corrected chi connectivity index (χ3v) is 7.90. The van der Waals surface area contributed by atoms with Crippen molar-refractivity contribution in [2.75, 3.05) is 26.2 Å².